The SMILES string of the molecule is CC(C)(C)C1CCSC(=NCCCN2CCOCC2)N1. The van der Waals surface area contributed by atoms with Gasteiger partial charge in [0.1, 0.15) is 0 Å². The van der Waals surface area contributed by atoms with Gasteiger partial charge < -0.3 is 10.1 Å². The molecule has 116 valence electrons. The molecule has 2 heterocycles. The van der Waals surface area contributed by atoms with Crippen LogP contribution in [0.2, 0.25) is 0 Å². The number of aliphatic imine (C=N–C) groups is 1. The summed E-state index contributed by atoms with van der Waals surface area (Å²) in [5, 5.41) is 4.76. The van der Waals surface area contributed by atoms with Gasteiger partial charge in [0, 0.05) is 38.0 Å². The topological polar surface area (TPSA) is 36.9 Å². The van der Waals surface area contributed by atoms with E-state index in [1.807, 2.05) is 11.8 Å². The van der Waals surface area contributed by atoms with Crippen molar-refractivity contribution in [3.63, 3.8) is 0 Å². The molecule has 0 aromatic rings. The molecular weight excluding hydrogens is 270 g/mol. The third-order valence-corrected chi connectivity index (χ3v) is 4.94. The zero-order valence-corrected chi connectivity index (χ0v) is 14.0. The van der Waals surface area contributed by atoms with Crippen LogP contribution in [0, 0.1) is 5.41 Å². The Bertz CT molecular complexity index is 322. The van der Waals surface area contributed by atoms with Gasteiger partial charge in [-0.1, -0.05) is 32.5 Å². The molecule has 0 spiro atoms. The minimum absolute atomic E-state index is 0.315. The Labute approximate surface area is 127 Å². The van der Waals surface area contributed by atoms with Gasteiger partial charge >= 0.3 is 0 Å². The first-order valence-corrected chi connectivity index (χ1v) is 8.78. The minimum atomic E-state index is 0.315. The van der Waals surface area contributed by atoms with Crippen LogP contribution >= 0.6 is 11.8 Å². The number of nitrogens with zero attached hydrogens (tertiary/aromatic N) is 2. The highest BCUT2D eigenvalue weighted by Crippen LogP contribution is 2.27. The van der Waals surface area contributed by atoms with E-state index in [2.05, 4.69) is 31.0 Å². The van der Waals surface area contributed by atoms with E-state index in [0.717, 1.165) is 51.0 Å². The monoisotopic (exact) mass is 299 g/mol. The molecule has 2 aliphatic rings. The number of nitrogens with one attached hydrogen (secondary N) is 1. The number of morpholine rings is 1. The molecule has 1 atom stereocenters. The number of thioether (sulfide) groups is 1. The molecule has 0 aromatic carbocycles. The summed E-state index contributed by atoms with van der Waals surface area (Å²) < 4.78 is 5.36. The molecule has 1 unspecified atom stereocenters. The lowest BCUT2D eigenvalue weighted by molar-refractivity contribution is 0.0377. The maximum absolute atomic E-state index is 5.36. The Morgan fingerprint density at radius 2 is 2.10 bits per heavy atom. The van der Waals surface area contributed by atoms with Crippen LogP contribution < -0.4 is 5.32 Å². The van der Waals surface area contributed by atoms with Crippen molar-refractivity contribution >= 4 is 16.9 Å². The predicted molar refractivity (Wildman–Crippen MR) is 87.6 cm³/mol. The van der Waals surface area contributed by atoms with Crippen molar-refractivity contribution in [2.24, 2.45) is 10.4 Å². The van der Waals surface area contributed by atoms with Crippen molar-refractivity contribution in [1.29, 1.82) is 0 Å². The molecule has 1 N–H and O–H groups in total. The van der Waals surface area contributed by atoms with E-state index < -0.39 is 0 Å². The maximum Gasteiger partial charge on any atom is 0.156 e. The van der Waals surface area contributed by atoms with E-state index in [1.165, 1.54) is 12.2 Å². The van der Waals surface area contributed by atoms with Gasteiger partial charge in [0.25, 0.3) is 0 Å². The summed E-state index contributed by atoms with van der Waals surface area (Å²) in [6, 6.07) is 0.557. The summed E-state index contributed by atoms with van der Waals surface area (Å²) in [5.74, 6) is 1.19. The van der Waals surface area contributed by atoms with Crippen LogP contribution in [0.5, 0.6) is 0 Å². The Kier molecular flexibility index (Phi) is 6.18. The summed E-state index contributed by atoms with van der Waals surface area (Å²) in [6.07, 6.45) is 2.38. The molecule has 0 bridgehead atoms. The lowest BCUT2D eigenvalue weighted by Crippen LogP contribution is -2.46. The number of hydrogen-bond donors (Lipinski definition) is 1. The summed E-state index contributed by atoms with van der Waals surface area (Å²) in [4.78, 5) is 7.22. The second-order valence-electron chi connectivity index (χ2n) is 6.69. The largest absolute Gasteiger partial charge is 0.379 e. The quantitative estimate of drug-likeness (QED) is 0.808. The molecule has 0 amide bonds. The highest BCUT2D eigenvalue weighted by molar-refractivity contribution is 8.13. The lowest BCUT2D eigenvalue weighted by Gasteiger charge is -2.35. The van der Waals surface area contributed by atoms with E-state index in [1.54, 1.807) is 0 Å². The summed E-state index contributed by atoms with van der Waals surface area (Å²) in [6.45, 7) is 12.9. The summed E-state index contributed by atoms with van der Waals surface area (Å²) >= 11 is 1.87. The van der Waals surface area contributed by atoms with Crippen LogP contribution in [-0.4, -0.2) is 61.3 Å². The molecule has 4 nitrogen and oxygen atoms in total. The number of ether oxygens (including phenoxy) is 1. The van der Waals surface area contributed by atoms with Crippen LogP contribution in [-0.2, 0) is 4.74 Å². The molecule has 0 aromatic heterocycles. The molecule has 0 radical (unpaired) electrons. The smallest absolute Gasteiger partial charge is 0.156 e. The standard InChI is InChI=1S/C15H29N3OS/c1-15(2,3)13-5-12-20-14(17-13)16-6-4-7-18-8-10-19-11-9-18/h13H,4-12H2,1-3H3,(H,16,17). The van der Waals surface area contributed by atoms with E-state index in [-0.39, 0.29) is 0 Å². The first-order valence-electron chi connectivity index (χ1n) is 7.79. The van der Waals surface area contributed by atoms with Crippen LogP contribution in [0.1, 0.15) is 33.6 Å². The van der Waals surface area contributed by atoms with Gasteiger partial charge in [-0.2, -0.15) is 0 Å². The molecule has 20 heavy (non-hydrogen) atoms. The van der Waals surface area contributed by atoms with Gasteiger partial charge in [-0.05, 0) is 18.3 Å². The van der Waals surface area contributed by atoms with Crippen LogP contribution in [0.15, 0.2) is 4.99 Å². The molecule has 2 rings (SSSR count). The summed E-state index contributed by atoms with van der Waals surface area (Å²) in [7, 11) is 0. The normalized spacial score (nSPS) is 27.6. The zero-order valence-electron chi connectivity index (χ0n) is 13.2. The van der Waals surface area contributed by atoms with Crippen LogP contribution in [0.25, 0.3) is 0 Å². The fourth-order valence-electron chi connectivity index (χ4n) is 2.58. The predicted octanol–water partition coefficient (Wildman–Crippen LogP) is 2.21. The highest BCUT2D eigenvalue weighted by atomic mass is 32.2. The van der Waals surface area contributed by atoms with Crippen molar-refractivity contribution in [2.45, 2.75) is 39.7 Å². The number of amidine groups is 1. The van der Waals surface area contributed by atoms with Gasteiger partial charge in [-0.15, -0.1) is 0 Å². The molecule has 5 heteroatoms. The Hall–Kier alpha value is -0.260. The highest BCUT2D eigenvalue weighted by Gasteiger charge is 2.28. The van der Waals surface area contributed by atoms with E-state index in [0.29, 0.717) is 11.5 Å². The second-order valence-corrected chi connectivity index (χ2v) is 7.78. The second kappa shape index (κ2) is 7.66. The van der Waals surface area contributed by atoms with Crippen LogP contribution in [0.4, 0.5) is 0 Å². The zero-order chi connectivity index (χ0) is 14.4. The summed E-state index contributed by atoms with van der Waals surface area (Å²) in [5.41, 5.74) is 0.315. The first-order chi connectivity index (χ1) is 9.55. The van der Waals surface area contributed by atoms with Gasteiger partial charge in [-0.25, -0.2) is 0 Å². The molecular formula is C15H29N3OS. The Morgan fingerprint density at radius 1 is 1.35 bits per heavy atom. The van der Waals surface area contributed by atoms with Gasteiger partial charge in [0.05, 0.1) is 13.2 Å². The fourth-order valence-corrected chi connectivity index (χ4v) is 3.53. The molecule has 0 saturated carbocycles. The molecule has 2 saturated heterocycles. The number of rotatable bonds is 4. The third-order valence-electron chi connectivity index (χ3n) is 3.98. The van der Waals surface area contributed by atoms with Crippen molar-refractivity contribution in [2.75, 3.05) is 45.1 Å². The van der Waals surface area contributed by atoms with Crippen LogP contribution in [0.3, 0.4) is 0 Å². The first kappa shape index (κ1) is 16.1. The van der Waals surface area contributed by atoms with E-state index in [4.69, 9.17) is 9.73 Å². The fraction of sp³-hybridized carbons (Fsp3) is 0.933. The van der Waals surface area contributed by atoms with Crippen molar-refractivity contribution < 1.29 is 4.74 Å². The van der Waals surface area contributed by atoms with Crippen molar-refractivity contribution in [1.82, 2.24) is 10.2 Å². The Morgan fingerprint density at radius 3 is 2.80 bits per heavy atom. The minimum Gasteiger partial charge on any atom is -0.379 e. The van der Waals surface area contributed by atoms with Gasteiger partial charge in [0.2, 0.25) is 0 Å². The molecule has 2 fully saturated rings. The van der Waals surface area contributed by atoms with Gasteiger partial charge in [-0.3, -0.25) is 9.89 Å². The molecule has 0 aliphatic carbocycles. The average molecular weight is 299 g/mol. The van der Waals surface area contributed by atoms with E-state index in [9.17, 15) is 0 Å². The van der Waals surface area contributed by atoms with Gasteiger partial charge in [0.15, 0.2) is 5.17 Å². The lowest BCUT2D eigenvalue weighted by atomic mass is 9.85. The van der Waals surface area contributed by atoms with E-state index >= 15 is 0 Å². The van der Waals surface area contributed by atoms with Crippen molar-refractivity contribution in [3.8, 4) is 0 Å². The number of hydrogen-bond acceptors (Lipinski definition) is 4. The maximum atomic E-state index is 5.36. The van der Waals surface area contributed by atoms with Crippen molar-refractivity contribution in [3.05, 3.63) is 0 Å². The third kappa shape index (κ3) is 5.26. The molecule has 2 aliphatic heterocycles. The Balaban J connectivity index is 1.68. The average Bonchev–Trinajstić information content (AvgIpc) is 2.44.